The third-order valence-electron chi connectivity index (χ3n) is 5.71. The van der Waals surface area contributed by atoms with Gasteiger partial charge in [0.1, 0.15) is 6.04 Å². The number of alkyl halides is 3. The molecule has 0 aliphatic carbocycles. The zero-order chi connectivity index (χ0) is 26.0. The summed E-state index contributed by atoms with van der Waals surface area (Å²) in [4.78, 5) is 35.3. The fourth-order valence-electron chi connectivity index (χ4n) is 3.85. The summed E-state index contributed by atoms with van der Waals surface area (Å²) in [6, 6.07) is 6.84. The molecular weight excluding hydrogens is 481 g/mol. The van der Waals surface area contributed by atoms with E-state index in [9.17, 15) is 18.0 Å². The smallest absolute Gasteiger partial charge is 0.475 e. The number of pyridine rings is 1. The Morgan fingerprint density at radius 2 is 1.97 bits per heavy atom. The van der Waals surface area contributed by atoms with Gasteiger partial charge in [-0.2, -0.15) is 18.2 Å². The van der Waals surface area contributed by atoms with Crippen molar-refractivity contribution < 1.29 is 27.6 Å². The van der Waals surface area contributed by atoms with Gasteiger partial charge in [0, 0.05) is 24.0 Å². The number of benzene rings is 1. The van der Waals surface area contributed by atoms with Crippen molar-refractivity contribution in [2.75, 3.05) is 6.54 Å². The van der Waals surface area contributed by atoms with Crippen molar-refractivity contribution in [3.63, 3.8) is 0 Å². The molecule has 10 nitrogen and oxygen atoms in total. The summed E-state index contributed by atoms with van der Waals surface area (Å²) in [5, 5.41) is 15.3. The van der Waals surface area contributed by atoms with Crippen LogP contribution in [0.25, 0.3) is 22.3 Å². The van der Waals surface area contributed by atoms with Crippen LogP contribution in [0.2, 0.25) is 0 Å². The van der Waals surface area contributed by atoms with E-state index >= 15 is 0 Å². The van der Waals surface area contributed by atoms with Crippen LogP contribution in [0.15, 0.2) is 46.1 Å². The molecule has 3 aromatic heterocycles. The first kappa shape index (κ1) is 25.0. The monoisotopic (exact) mass is 502 g/mol. The first-order valence-electron chi connectivity index (χ1n) is 10.9. The zero-order valence-electron chi connectivity index (χ0n) is 19.2. The molecule has 4 heterocycles. The van der Waals surface area contributed by atoms with Crippen LogP contribution in [0.5, 0.6) is 0 Å². The Hall–Kier alpha value is -4.13. The van der Waals surface area contributed by atoms with E-state index in [0.29, 0.717) is 22.6 Å². The van der Waals surface area contributed by atoms with Crippen molar-refractivity contribution >= 4 is 16.9 Å². The number of carboxylic acids is 1. The predicted octanol–water partition coefficient (Wildman–Crippen LogP) is 3.04. The number of aryl methyl sites for hydroxylation is 1. The molecular formula is C23H21F3N6O4. The van der Waals surface area contributed by atoms with Crippen molar-refractivity contribution in [3.8, 4) is 11.4 Å². The lowest BCUT2D eigenvalue weighted by Gasteiger charge is -2.19. The molecule has 2 N–H and O–H groups in total. The number of aromatic nitrogens is 5. The first-order valence-corrected chi connectivity index (χ1v) is 10.9. The van der Waals surface area contributed by atoms with Gasteiger partial charge in [-0.25, -0.2) is 9.78 Å². The largest absolute Gasteiger partial charge is 0.490 e. The van der Waals surface area contributed by atoms with Gasteiger partial charge < -0.3 is 14.9 Å². The zero-order valence-corrected chi connectivity index (χ0v) is 19.2. The van der Waals surface area contributed by atoms with Gasteiger partial charge in [0.2, 0.25) is 11.7 Å². The highest BCUT2D eigenvalue weighted by Gasteiger charge is 2.38. The number of nitrogens with zero attached hydrogens (tertiary/aromatic N) is 5. The molecule has 0 saturated carbocycles. The molecule has 188 valence electrons. The Morgan fingerprint density at radius 3 is 2.69 bits per heavy atom. The van der Waals surface area contributed by atoms with E-state index in [1.165, 1.54) is 16.5 Å². The number of carboxylic acid groups (broad SMARTS) is 1. The normalized spacial score (nSPS) is 14.0. The molecule has 0 spiro atoms. The summed E-state index contributed by atoms with van der Waals surface area (Å²) in [6.07, 6.45) is -0.756. The number of carbonyl (C=O) groups is 1. The number of hydrogen-bond acceptors (Lipinski definition) is 8. The lowest BCUT2D eigenvalue weighted by molar-refractivity contribution is -0.192. The van der Waals surface area contributed by atoms with Gasteiger partial charge in [-0.15, -0.1) is 0 Å². The SMILES string of the molecule is Cc1ncc2c(c1-c1noc(C(C)n3cnc4ccccc4c3=O)n1)CCNC2.O=C(O)C(F)(F)F. The highest BCUT2D eigenvalue weighted by Crippen LogP contribution is 2.29. The fraction of sp³-hybridized carbons (Fsp3) is 0.304. The van der Waals surface area contributed by atoms with Gasteiger partial charge in [0.15, 0.2) is 0 Å². The minimum atomic E-state index is -5.08. The molecule has 4 aromatic rings. The molecule has 13 heteroatoms. The molecule has 1 atom stereocenters. The van der Waals surface area contributed by atoms with Gasteiger partial charge in [-0.3, -0.25) is 14.3 Å². The lowest BCUT2D eigenvalue weighted by Crippen LogP contribution is -2.25. The van der Waals surface area contributed by atoms with E-state index in [1.807, 2.05) is 38.2 Å². The number of fused-ring (bicyclic) bond motifs is 2. The van der Waals surface area contributed by atoms with Crippen LogP contribution in [0.4, 0.5) is 13.2 Å². The third kappa shape index (κ3) is 4.96. The third-order valence-corrected chi connectivity index (χ3v) is 5.71. The summed E-state index contributed by atoms with van der Waals surface area (Å²) in [5.74, 6) is -1.88. The number of rotatable bonds is 3. The predicted molar refractivity (Wildman–Crippen MR) is 121 cm³/mol. The molecule has 5 rings (SSSR count). The number of hydrogen-bond donors (Lipinski definition) is 2. The molecule has 1 aliphatic heterocycles. The van der Waals surface area contributed by atoms with Crippen molar-refractivity contribution in [3.05, 3.63) is 69.9 Å². The van der Waals surface area contributed by atoms with E-state index in [1.54, 1.807) is 6.07 Å². The molecule has 1 aromatic carbocycles. The second-order valence-electron chi connectivity index (χ2n) is 8.06. The molecule has 0 saturated heterocycles. The van der Waals surface area contributed by atoms with E-state index in [-0.39, 0.29) is 5.56 Å². The highest BCUT2D eigenvalue weighted by atomic mass is 19.4. The van der Waals surface area contributed by atoms with Crippen LogP contribution in [-0.2, 0) is 17.8 Å². The Morgan fingerprint density at radius 1 is 1.25 bits per heavy atom. The second-order valence-corrected chi connectivity index (χ2v) is 8.06. The lowest BCUT2D eigenvalue weighted by atomic mass is 9.95. The van der Waals surface area contributed by atoms with Crippen molar-refractivity contribution in [1.29, 1.82) is 0 Å². The second kappa shape index (κ2) is 9.85. The van der Waals surface area contributed by atoms with Crippen LogP contribution in [-0.4, -0.2) is 48.5 Å². The van der Waals surface area contributed by atoms with Crippen LogP contribution >= 0.6 is 0 Å². The van der Waals surface area contributed by atoms with Gasteiger partial charge in [-0.1, -0.05) is 17.3 Å². The van der Waals surface area contributed by atoms with Crippen LogP contribution in [0.3, 0.4) is 0 Å². The topological polar surface area (TPSA) is 136 Å². The molecule has 0 fully saturated rings. The minimum absolute atomic E-state index is 0.135. The summed E-state index contributed by atoms with van der Waals surface area (Å²) >= 11 is 0. The molecule has 1 aliphatic rings. The maximum absolute atomic E-state index is 12.9. The Labute approximate surface area is 201 Å². The number of halogens is 3. The van der Waals surface area contributed by atoms with Gasteiger partial charge in [-0.05, 0) is 50.1 Å². The van der Waals surface area contributed by atoms with E-state index in [4.69, 9.17) is 14.4 Å². The minimum Gasteiger partial charge on any atom is -0.475 e. The fourth-order valence-corrected chi connectivity index (χ4v) is 3.85. The van der Waals surface area contributed by atoms with E-state index in [0.717, 1.165) is 36.3 Å². The maximum atomic E-state index is 12.9. The van der Waals surface area contributed by atoms with Gasteiger partial charge >= 0.3 is 12.1 Å². The van der Waals surface area contributed by atoms with Gasteiger partial charge in [0.25, 0.3) is 5.56 Å². The average Bonchev–Trinajstić information content (AvgIpc) is 3.33. The first-order chi connectivity index (χ1) is 17.1. The molecule has 0 bridgehead atoms. The highest BCUT2D eigenvalue weighted by molar-refractivity contribution is 5.77. The maximum Gasteiger partial charge on any atom is 0.490 e. The Bertz CT molecular complexity index is 1480. The Balaban J connectivity index is 0.000000384. The van der Waals surface area contributed by atoms with E-state index < -0.39 is 18.2 Å². The van der Waals surface area contributed by atoms with Crippen LogP contribution in [0, 0.1) is 6.92 Å². The molecule has 1 unspecified atom stereocenters. The number of nitrogens with one attached hydrogen (secondary N) is 1. The van der Waals surface area contributed by atoms with E-state index in [2.05, 4.69) is 25.4 Å². The molecule has 36 heavy (non-hydrogen) atoms. The number of para-hydroxylation sites is 1. The summed E-state index contributed by atoms with van der Waals surface area (Å²) in [7, 11) is 0. The summed E-state index contributed by atoms with van der Waals surface area (Å²) in [5.41, 5.74) is 4.69. The Kier molecular flexibility index (Phi) is 6.84. The summed E-state index contributed by atoms with van der Waals surface area (Å²) in [6.45, 7) is 5.50. The quantitative estimate of drug-likeness (QED) is 0.433. The van der Waals surface area contributed by atoms with Crippen LogP contribution in [0.1, 0.15) is 35.7 Å². The summed E-state index contributed by atoms with van der Waals surface area (Å²) < 4.78 is 38.8. The number of aliphatic carboxylic acids is 1. The average molecular weight is 502 g/mol. The molecule has 0 radical (unpaired) electrons. The van der Waals surface area contributed by atoms with Crippen LogP contribution < -0.4 is 10.9 Å². The standard InChI is InChI=1S/C21H20N6O2.C2HF3O2/c1-12-18(15-7-8-22-9-14(15)10-23-12)19-25-20(29-26-19)13(2)27-11-24-17-6-4-3-5-16(17)21(27)28;3-2(4,5)1(6)7/h3-6,10-11,13,22H,7-9H2,1-2H3;(H,6,7). The molecule has 0 amide bonds. The van der Waals surface area contributed by atoms with Crippen molar-refractivity contribution in [1.82, 2.24) is 30.0 Å². The van der Waals surface area contributed by atoms with Gasteiger partial charge in [0.05, 0.1) is 17.2 Å². The van der Waals surface area contributed by atoms with Crippen molar-refractivity contribution in [2.45, 2.75) is 39.0 Å². The van der Waals surface area contributed by atoms with Crippen molar-refractivity contribution in [2.24, 2.45) is 0 Å².